The Morgan fingerprint density at radius 2 is 2.17 bits per heavy atom. The SMILES string of the molecule is O=C(Nc1cc(CO)ccn1)c1cccc(Cl)c1. The molecule has 1 aromatic carbocycles. The number of aliphatic hydroxyl groups is 1. The van der Waals surface area contributed by atoms with Gasteiger partial charge in [-0.1, -0.05) is 17.7 Å². The summed E-state index contributed by atoms with van der Waals surface area (Å²) in [6.07, 6.45) is 1.53. The summed E-state index contributed by atoms with van der Waals surface area (Å²) in [5.41, 5.74) is 1.14. The van der Waals surface area contributed by atoms with Crippen molar-refractivity contribution in [3.8, 4) is 0 Å². The van der Waals surface area contributed by atoms with Gasteiger partial charge in [-0.15, -0.1) is 0 Å². The number of pyridine rings is 1. The van der Waals surface area contributed by atoms with Crippen LogP contribution in [0, 0.1) is 0 Å². The fraction of sp³-hybridized carbons (Fsp3) is 0.0769. The zero-order valence-corrected chi connectivity index (χ0v) is 10.2. The molecule has 2 rings (SSSR count). The summed E-state index contributed by atoms with van der Waals surface area (Å²) in [6, 6.07) is 9.93. The van der Waals surface area contributed by atoms with Crippen LogP contribution in [0.15, 0.2) is 42.6 Å². The first-order chi connectivity index (χ1) is 8.69. The molecule has 1 heterocycles. The van der Waals surface area contributed by atoms with Gasteiger partial charge in [-0.25, -0.2) is 4.98 Å². The monoisotopic (exact) mass is 262 g/mol. The number of hydrogen-bond donors (Lipinski definition) is 2. The van der Waals surface area contributed by atoms with Gasteiger partial charge in [-0.2, -0.15) is 0 Å². The minimum absolute atomic E-state index is 0.0947. The Kier molecular flexibility index (Phi) is 3.92. The van der Waals surface area contributed by atoms with Gasteiger partial charge in [0, 0.05) is 16.8 Å². The molecule has 0 atom stereocenters. The van der Waals surface area contributed by atoms with Gasteiger partial charge in [0.25, 0.3) is 5.91 Å². The number of benzene rings is 1. The van der Waals surface area contributed by atoms with Crippen molar-refractivity contribution in [2.24, 2.45) is 0 Å². The second kappa shape index (κ2) is 5.62. The Morgan fingerprint density at radius 1 is 1.33 bits per heavy atom. The maximum atomic E-state index is 11.9. The number of hydrogen-bond acceptors (Lipinski definition) is 3. The largest absolute Gasteiger partial charge is 0.392 e. The van der Waals surface area contributed by atoms with E-state index in [0.717, 1.165) is 0 Å². The number of rotatable bonds is 3. The smallest absolute Gasteiger partial charge is 0.256 e. The number of nitrogens with zero attached hydrogens (tertiary/aromatic N) is 1. The highest BCUT2D eigenvalue weighted by Gasteiger charge is 2.07. The van der Waals surface area contributed by atoms with Crippen LogP contribution in [-0.2, 0) is 6.61 Å². The van der Waals surface area contributed by atoms with Gasteiger partial charge in [0.2, 0.25) is 0 Å². The Labute approximate surface area is 109 Å². The summed E-state index contributed by atoms with van der Waals surface area (Å²) < 4.78 is 0. The third kappa shape index (κ3) is 3.06. The van der Waals surface area contributed by atoms with Crippen molar-refractivity contribution in [3.05, 3.63) is 58.7 Å². The van der Waals surface area contributed by atoms with E-state index in [1.165, 1.54) is 6.20 Å². The van der Waals surface area contributed by atoms with Gasteiger partial charge in [-0.05, 0) is 35.9 Å². The highest BCUT2D eigenvalue weighted by Crippen LogP contribution is 2.13. The van der Waals surface area contributed by atoms with Crippen molar-refractivity contribution in [1.29, 1.82) is 0 Å². The Bertz CT molecular complexity index is 572. The van der Waals surface area contributed by atoms with E-state index in [1.807, 2.05) is 0 Å². The molecule has 92 valence electrons. The Morgan fingerprint density at radius 3 is 2.89 bits per heavy atom. The number of aliphatic hydroxyl groups excluding tert-OH is 1. The van der Waals surface area contributed by atoms with Crippen LogP contribution in [0.4, 0.5) is 5.82 Å². The lowest BCUT2D eigenvalue weighted by molar-refractivity contribution is 0.102. The number of nitrogens with one attached hydrogen (secondary N) is 1. The van der Waals surface area contributed by atoms with Gasteiger partial charge < -0.3 is 10.4 Å². The molecular formula is C13H11ClN2O2. The molecule has 0 fully saturated rings. The molecule has 0 aliphatic rings. The molecule has 1 amide bonds. The normalized spacial score (nSPS) is 10.1. The molecule has 0 aliphatic heterocycles. The number of aromatic nitrogens is 1. The average Bonchev–Trinajstić information content (AvgIpc) is 2.39. The van der Waals surface area contributed by atoms with Crippen molar-refractivity contribution in [3.63, 3.8) is 0 Å². The van der Waals surface area contributed by atoms with E-state index in [0.29, 0.717) is 22.0 Å². The summed E-state index contributed by atoms with van der Waals surface area (Å²) >= 11 is 5.81. The number of carbonyl (C=O) groups excluding carboxylic acids is 1. The predicted octanol–water partition coefficient (Wildman–Crippen LogP) is 2.48. The molecule has 0 saturated heterocycles. The fourth-order valence-electron chi connectivity index (χ4n) is 1.46. The third-order valence-electron chi connectivity index (χ3n) is 2.34. The van der Waals surface area contributed by atoms with Gasteiger partial charge >= 0.3 is 0 Å². The van der Waals surface area contributed by atoms with E-state index in [9.17, 15) is 4.79 Å². The Hall–Kier alpha value is -1.91. The molecule has 5 heteroatoms. The lowest BCUT2D eigenvalue weighted by Crippen LogP contribution is -2.13. The standard InChI is InChI=1S/C13H11ClN2O2/c14-11-3-1-2-10(7-11)13(18)16-12-6-9(8-17)4-5-15-12/h1-7,17H,8H2,(H,15,16,18). The molecule has 4 nitrogen and oxygen atoms in total. The summed E-state index contributed by atoms with van der Waals surface area (Å²) in [4.78, 5) is 15.9. The summed E-state index contributed by atoms with van der Waals surface area (Å²) in [6.45, 7) is -0.0947. The van der Waals surface area contributed by atoms with E-state index < -0.39 is 0 Å². The molecule has 2 N–H and O–H groups in total. The van der Waals surface area contributed by atoms with Crippen LogP contribution in [0.1, 0.15) is 15.9 Å². The van der Waals surface area contributed by atoms with Gasteiger partial charge in [0.05, 0.1) is 6.61 Å². The highest BCUT2D eigenvalue weighted by atomic mass is 35.5. The second-order valence-electron chi connectivity index (χ2n) is 3.67. The fourth-order valence-corrected chi connectivity index (χ4v) is 1.65. The number of halogens is 1. The minimum atomic E-state index is -0.292. The topological polar surface area (TPSA) is 62.2 Å². The number of amides is 1. The van der Waals surface area contributed by atoms with E-state index in [1.54, 1.807) is 36.4 Å². The Balaban J connectivity index is 2.16. The first kappa shape index (κ1) is 12.5. The van der Waals surface area contributed by atoms with Crippen molar-refractivity contribution in [1.82, 2.24) is 4.98 Å². The predicted molar refractivity (Wildman–Crippen MR) is 69.6 cm³/mol. The van der Waals surface area contributed by atoms with Gasteiger partial charge in [0.1, 0.15) is 5.82 Å². The van der Waals surface area contributed by atoms with Crippen LogP contribution in [0.3, 0.4) is 0 Å². The summed E-state index contributed by atoms with van der Waals surface area (Å²) in [7, 11) is 0. The van der Waals surface area contributed by atoms with Crippen LogP contribution < -0.4 is 5.32 Å². The van der Waals surface area contributed by atoms with Crippen LogP contribution in [0.5, 0.6) is 0 Å². The molecule has 0 radical (unpaired) electrons. The lowest BCUT2D eigenvalue weighted by Gasteiger charge is -2.05. The lowest BCUT2D eigenvalue weighted by atomic mass is 10.2. The zero-order valence-electron chi connectivity index (χ0n) is 9.43. The van der Waals surface area contributed by atoms with Crippen LogP contribution >= 0.6 is 11.6 Å². The van der Waals surface area contributed by atoms with E-state index in [4.69, 9.17) is 16.7 Å². The van der Waals surface area contributed by atoms with Crippen LogP contribution in [0.25, 0.3) is 0 Å². The minimum Gasteiger partial charge on any atom is -0.392 e. The van der Waals surface area contributed by atoms with Gasteiger partial charge in [-0.3, -0.25) is 4.79 Å². The zero-order chi connectivity index (χ0) is 13.0. The van der Waals surface area contributed by atoms with Crippen LogP contribution in [-0.4, -0.2) is 16.0 Å². The molecule has 18 heavy (non-hydrogen) atoms. The summed E-state index contributed by atoms with van der Waals surface area (Å²) in [5, 5.41) is 12.1. The summed E-state index contributed by atoms with van der Waals surface area (Å²) in [5.74, 6) is 0.103. The van der Waals surface area contributed by atoms with E-state index >= 15 is 0 Å². The number of carbonyl (C=O) groups is 1. The average molecular weight is 263 g/mol. The first-order valence-electron chi connectivity index (χ1n) is 5.32. The molecule has 0 unspecified atom stereocenters. The maximum Gasteiger partial charge on any atom is 0.256 e. The van der Waals surface area contributed by atoms with E-state index in [2.05, 4.69) is 10.3 Å². The number of anilines is 1. The molecule has 0 bridgehead atoms. The molecular weight excluding hydrogens is 252 g/mol. The van der Waals surface area contributed by atoms with Crippen molar-refractivity contribution in [2.75, 3.05) is 5.32 Å². The van der Waals surface area contributed by atoms with Crippen LogP contribution in [0.2, 0.25) is 5.02 Å². The highest BCUT2D eigenvalue weighted by molar-refractivity contribution is 6.31. The van der Waals surface area contributed by atoms with Crippen molar-refractivity contribution in [2.45, 2.75) is 6.61 Å². The van der Waals surface area contributed by atoms with Gasteiger partial charge in [0.15, 0.2) is 0 Å². The third-order valence-corrected chi connectivity index (χ3v) is 2.57. The second-order valence-corrected chi connectivity index (χ2v) is 4.11. The van der Waals surface area contributed by atoms with Crippen molar-refractivity contribution < 1.29 is 9.90 Å². The molecule has 0 spiro atoms. The molecule has 0 saturated carbocycles. The quantitative estimate of drug-likeness (QED) is 0.893. The van der Waals surface area contributed by atoms with Crippen molar-refractivity contribution >= 4 is 23.3 Å². The molecule has 2 aromatic rings. The molecule has 0 aliphatic carbocycles. The molecule has 1 aromatic heterocycles. The van der Waals surface area contributed by atoms with E-state index in [-0.39, 0.29) is 12.5 Å². The maximum absolute atomic E-state index is 11.9. The first-order valence-corrected chi connectivity index (χ1v) is 5.69.